The molecule has 1 fully saturated rings. The molecule has 2 aliphatic rings. The van der Waals surface area contributed by atoms with E-state index in [0.29, 0.717) is 0 Å². The first-order chi connectivity index (χ1) is 6.95. The molecule has 0 bridgehead atoms. The van der Waals surface area contributed by atoms with Gasteiger partial charge in [0, 0.05) is 30.4 Å². The maximum atomic E-state index is 3.40. The number of benzene rings is 1. The van der Waals surface area contributed by atoms with Crippen molar-refractivity contribution in [3.05, 3.63) is 34.7 Å². The van der Waals surface area contributed by atoms with E-state index in [9.17, 15) is 0 Å². The number of hydrogen-bond donors (Lipinski definition) is 1. The quantitative estimate of drug-likeness (QED) is 0.606. The number of hydrogen-bond acceptors (Lipinski definition) is 2. The van der Waals surface area contributed by atoms with Crippen LogP contribution in [-0.2, 0) is 0 Å². The smallest absolute Gasteiger partial charge is 0.0682 e. The van der Waals surface area contributed by atoms with E-state index in [1.165, 1.54) is 16.1 Å². The molecule has 2 heteroatoms. The minimum absolute atomic E-state index is 1.00. The fourth-order valence-corrected chi connectivity index (χ4v) is 2.30. The van der Waals surface area contributed by atoms with E-state index >= 15 is 0 Å². The van der Waals surface area contributed by atoms with Gasteiger partial charge in [0.1, 0.15) is 0 Å². The Morgan fingerprint density at radius 3 is 3.14 bits per heavy atom. The molecular formula is C12H14N2. The van der Waals surface area contributed by atoms with E-state index in [1.54, 1.807) is 0 Å². The third-order valence-corrected chi connectivity index (χ3v) is 3.03. The third-order valence-electron chi connectivity index (χ3n) is 3.03. The zero-order chi connectivity index (χ0) is 9.38. The Morgan fingerprint density at radius 2 is 2.14 bits per heavy atom. The molecule has 1 N–H and O–H groups in total. The fraction of sp³-hybridized carbons (Fsp3) is 0.333. The van der Waals surface area contributed by atoms with Crippen LogP contribution in [0.2, 0.25) is 0 Å². The topological polar surface area (TPSA) is 15.3 Å². The van der Waals surface area contributed by atoms with E-state index in [0.717, 1.165) is 26.2 Å². The van der Waals surface area contributed by atoms with Gasteiger partial charge in [0.15, 0.2) is 0 Å². The molecule has 0 aromatic heterocycles. The lowest BCUT2D eigenvalue weighted by atomic mass is 10.1. The average Bonchev–Trinajstić information content (AvgIpc) is 2.29. The molecule has 3 rings (SSSR count). The third kappa shape index (κ3) is 1.15. The summed E-state index contributed by atoms with van der Waals surface area (Å²) in [7, 11) is 0. The van der Waals surface area contributed by atoms with Crippen LogP contribution in [-0.4, -0.2) is 24.7 Å². The van der Waals surface area contributed by atoms with E-state index in [1.807, 2.05) is 0 Å². The highest BCUT2D eigenvalue weighted by Gasteiger charge is 2.16. The summed E-state index contributed by atoms with van der Waals surface area (Å²) < 4.78 is 0. The zero-order valence-corrected chi connectivity index (χ0v) is 8.16. The lowest BCUT2D eigenvalue weighted by molar-refractivity contribution is 0.353. The van der Waals surface area contributed by atoms with Crippen molar-refractivity contribution in [3.8, 4) is 0 Å². The summed E-state index contributed by atoms with van der Waals surface area (Å²) in [4.78, 5) is 2.42. The molecule has 0 spiro atoms. The molecule has 0 saturated carbocycles. The molecule has 1 saturated heterocycles. The summed E-state index contributed by atoms with van der Waals surface area (Å²) >= 11 is 0. The summed E-state index contributed by atoms with van der Waals surface area (Å²) in [6, 6.07) is 8.69. The Morgan fingerprint density at radius 1 is 1.21 bits per heavy atom. The van der Waals surface area contributed by atoms with Crippen LogP contribution in [0.5, 0.6) is 0 Å². The zero-order valence-electron chi connectivity index (χ0n) is 8.16. The Kier molecular flexibility index (Phi) is 1.81. The SMILES string of the molecule is C1=c2ccccc2=C2CCNCN2C1. The molecule has 2 heterocycles. The van der Waals surface area contributed by atoms with Gasteiger partial charge in [-0.1, -0.05) is 30.3 Å². The molecule has 0 aliphatic carbocycles. The highest BCUT2D eigenvalue weighted by molar-refractivity contribution is 5.51. The van der Waals surface area contributed by atoms with Crippen molar-refractivity contribution in [2.75, 3.05) is 19.8 Å². The first-order valence-electron chi connectivity index (χ1n) is 5.19. The van der Waals surface area contributed by atoms with Crippen LogP contribution in [0.4, 0.5) is 0 Å². The van der Waals surface area contributed by atoms with Gasteiger partial charge >= 0.3 is 0 Å². The van der Waals surface area contributed by atoms with Gasteiger partial charge in [0.25, 0.3) is 0 Å². The van der Waals surface area contributed by atoms with Crippen molar-refractivity contribution in [2.45, 2.75) is 6.42 Å². The van der Waals surface area contributed by atoms with Crippen molar-refractivity contribution < 1.29 is 0 Å². The van der Waals surface area contributed by atoms with Crippen molar-refractivity contribution in [1.29, 1.82) is 0 Å². The van der Waals surface area contributed by atoms with Crippen molar-refractivity contribution in [2.24, 2.45) is 0 Å². The fourth-order valence-electron chi connectivity index (χ4n) is 2.30. The standard InChI is InChI=1S/C12H14N2/c1-2-4-11-10(3-1)6-8-14-9-13-7-5-12(11)14/h1-4,6,13H,5,7-9H2. The predicted octanol–water partition coefficient (Wildman–Crippen LogP) is -0.158. The average molecular weight is 186 g/mol. The first kappa shape index (κ1) is 8.06. The molecule has 1 aromatic rings. The van der Waals surface area contributed by atoms with Gasteiger partial charge in [0.05, 0.1) is 6.67 Å². The Hall–Kier alpha value is -1.28. The summed E-state index contributed by atoms with van der Waals surface area (Å²) in [5, 5.41) is 6.23. The Balaban J connectivity index is 2.27. The van der Waals surface area contributed by atoms with Gasteiger partial charge in [-0.3, -0.25) is 5.32 Å². The van der Waals surface area contributed by atoms with Crippen LogP contribution < -0.4 is 15.8 Å². The van der Waals surface area contributed by atoms with Crippen molar-refractivity contribution >= 4 is 11.8 Å². The second kappa shape index (κ2) is 3.14. The van der Waals surface area contributed by atoms with Crippen LogP contribution in [0.3, 0.4) is 0 Å². The summed E-state index contributed by atoms with van der Waals surface area (Å²) in [5.74, 6) is 0. The largest absolute Gasteiger partial charge is 0.358 e. The number of fused-ring (bicyclic) bond motifs is 2. The number of nitrogens with one attached hydrogen (secondary N) is 1. The van der Waals surface area contributed by atoms with Crippen molar-refractivity contribution in [1.82, 2.24) is 10.2 Å². The van der Waals surface area contributed by atoms with Crippen LogP contribution >= 0.6 is 0 Å². The lowest BCUT2D eigenvalue weighted by Crippen LogP contribution is -2.47. The van der Waals surface area contributed by atoms with Crippen LogP contribution in [0.25, 0.3) is 11.8 Å². The molecule has 0 unspecified atom stereocenters. The maximum absolute atomic E-state index is 3.40. The van der Waals surface area contributed by atoms with Gasteiger partial charge in [-0.15, -0.1) is 0 Å². The molecule has 2 aliphatic heterocycles. The predicted molar refractivity (Wildman–Crippen MR) is 57.8 cm³/mol. The molecule has 0 radical (unpaired) electrons. The van der Waals surface area contributed by atoms with E-state index in [2.05, 4.69) is 40.6 Å². The number of rotatable bonds is 0. The van der Waals surface area contributed by atoms with Crippen LogP contribution in [0, 0.1) is 0 Å². The monoisotopic (exact) mass is 186 g/mol. The molecule has 2 nitrogen and oxygen atoms in total. The molecule has 1 aromatic carbocycles. The van der Waals surface area contributed by atoms with E-state index in [-0.39, 0.29) is 0 Å². The second-order valence-electron chi connectivity index (χ2n) is 3.87. The Labute approximate surface area is 83.5 Å². The second-order valence-corrected chi connectivity index (χ2v) is 3.87. The van der Waals surface area contributed by atoms with Gasteiger partial charge in [-0.25, -0.2) is 0 Å². The summed E-state index contributed by atoms with van der Waals surface area (Å²) in [5.41, 5.74) is 1.52. The highest BCUT2D eigenvalue weighted by atomic mass is 15.2. The lowest BCUT2D eigenvalue weighted by Gasteiger charge is -2.33. The van der Waals surface area contributed by atoms with Gasteiger partial charge in [-0.05, 0) is 5.22 Å². The van der Waals surface area contributed by atoms with Crippen molar-refractivity contribution in [3.63, 3.8) is 0 Å². The van der Waals surface area contributed by atoms with E-state index in [4.69, 9.17) is 0 Å². The van der Waals surface area contributed by atoms with Gasteiger partial charge < -0.3 is 4.90 Å². The molecule has 14 heavy (non-hydrogen) atoms. The minimum Gasteiger partial charge on any atom is -0.358 e. The molecule has 72 valence electrons. The van der Waals surface area contributed by atoms with Crippen LogP contribution in [0.15, 0.2) is 24.3 Å². The summed E-state index contributed by atoms with van der Waals surface area (Å²) in [6.45, 7) is 3.17. The molecular weight excluding hydrogens is 172 g/mol. The van der Waals surface area contributed by atoms with Crippen LogP contribution in [0.1, 0.15) is 6.42 Å². The number of nitrogens with zero attached hydrogens (tertiary/aromatic N) is 1. The minimum atomic E-state index is 1.00. The molecule has 0 atom stereocenters. The first-order valence-corrected chi connectivity index (χ1v) is 5.19. The maximum Gasteiger partial charge on any atom is 0.0682 e. The van der Waals surface area contributed by atoms with Gasteiger partial charge in [0.2, 0.25) is 0 Å². The van der Waals surface area contributed by atoms with E-state index < -0.39 is 0 Å². The van der Waals surface area contributed by atoms with Gasteiger partial charge in [-0.2, -0.15) is 0 Å². The summed E-state index contributed by atoms with van der Waals surface area (Å²) in [6.07, 6.45) is 3.47. The molecule has 0 amide bonds. The normalized spacial score (nSPS) is 19.7. The Bertz CT molecular complexity index is 461. The highest BCUT2D eigenvalue weighted by Crippen LogP contribution is 2.12.